The van der Waals surface area contributed by atoms with Crippen molar-refractivity contribution in [2.45, 2.75) is 5.25 Å². The molecule has 0 bridgehead atoms. The zero-order valence-corrected chi connectivity index (χ0v) is 8.35. The number of rotatable bonds is 3. The highest BCUT2D eigenvalue weighted by atomic mass is 35.5. The molecule has 1 aromatic carbocycles. The molecule has 13 heavy (non-hydrogen) atoms. The van der Waals surface area contributed by atoms with E-state index in [0.29, 0.717) is 11.3 Å². The number of nitrogens with two attached hydrogens (primary N) is 1. The summed E-state index contributed by atoms with van der Waals surface area (Å²) in [7, 11) is 0. The molecule has 0 aliphatic heterocycles. The first kappa shape index (κ1) is 10.5. The summed E-state index contributed by atoms with van der Waals surface area (Å²) in [5.74, 6) is 0.0556. The minimum absolute atomic E-state index is 0.0556. The Morgan fingerprint density at radius 3 is 2.38 bits per heavy atom. The average molecular weight is 219 g/mol. The zero-order valence-electron chi connectivity index (χ0n) is 6.77. The van der Waals surface area contributed by atoms with Gasteiger partial charge in [-0.1, -0.05) is 12.1 Å². The van der Waals surface area contributed by atoms with Gasteiger partial charge < -0.3 is 10.3 Å². The van der Waals surface area contributed by atoms with E-state index >= 15 is 0 Å². The molecule has 0 aliphatic rings. The molecule has 0 amide bonds. The van der Waals surface area contributed by atoms with Gasteiger partial charge in [0.1, 0.15) is 0 Å². The molecular weight excluding hydrogens is 210 g/mol. The first-order valence-electron chi connectivity index (χ1n) is 3.64. The lowest BCUT2D eigenvalue weighted by molar-refractivity contribution is 0.527. The van der Waals surface area contributed by atoms with Crippen molar-refractivity contribution in [3.05, 3.63) is 29.8 Å². The molecule has 0 saturated heterocycles. The van der Waals surface area contributed by atoms with Crippen molar-refractivity contribution < 1.29 is 8.76 Å². The molecule has 2 N–H and O–H groups in total. The summed E-state index contributed by atoms with van der Waals surface area (Å²) in [5, 5.41) is -0.651. The van der Waals surface area contributed by atoms with Crippen LogP contribution in [-0.4, -0.2) is 14.6 Å². The third kappa shape index (κ3) is 2.69. The van der Waals surface area contributed by atoms with Gasteiger partial charge in [0, 0.05) is 11.6 Å². The summed E-state index contributed by atoms with van der Waals surface area (Å²) < 4.78 is 21.4. The van der Waals surface area contributed by atoms with Crippen molar-refractivity contribution in [1.29, 1.82) is 0 Å². The Kier molecular flexibility index (Phi) is 3.71. The zero-order chi connectivity index (χ0) is 9.84. The molecule has 0 fully saturated rings. The lowest BCUT2D eigenvalue weighted by Crippen LogP contribution is -2.07. The molecule has 2 unspecified atom stereocenters. The predicted molar refractivity (Wildman–Crippen MR) is 53.2 cm³/mol. The average Bonchev–Trinajstić information content (AvgIpc) is 2.09. The van der Waals surface area contributed by atoms with Gasteiger partial charge in [0.2, 0.25) is 0 Å². The smallest absolute Gasteiger partial charge is 0.0600 e. The second kappa shape index (κ2) is 4.60. The van der Waals surface area contributed by atoms with Crippen LogP contribution < -0.4 is 5.73 Å². The molecule has 5 heteroatoms. The third-order valence-corrected chi connectivity index (χ3v) is 3.08. The molecule has 0 aromatic heterocycles. The van der Waals surface area contributed by atoms with E-state index in [1.54, 1.807) is 24.3 Å². The van der Waals surface area contributed by atoms with Gasteiger partial charge >= 0.3 is 0 Å². The maximum atomic E-state index is 10.7. The van der Waals surface area contributed by atoms with E-state index in [9.17, 15) is 8.76 Å². The van der Waals surface area contributed by atoms with E-state index in [2.05, 4.69) is 0 Å². The van der Waals surface area contributed by atoms with E-state index in [4.69, 9.17) is 17.3 Å². The standard InChI is InChI=1S/C8H10ClNO2S/c9-5-8(13(11)12)6-1-3-7(10)4-2-6/h1-4,8H,5,10H2,(H,11,12)/p-1. The number of benzene rings is 1. The Hall–Kier alpha value is -0.580. The van der Waals surface area contributed by atoms with Crippen LogP contribution in [0.2, 0.25) is 0 Å². The Bertz CT molecular complexity index is 302. The normalized spacial score (nSPS) is 15.2. The molecule has 0 spiro atoms. The summed E-state index contributed by atoms with van der Waals surface area (Å²) in [6, 6.07) is 6.64. The van der Waals surface area contributed by atoms with E-state index in [1.807, 2.05) is 0 Å². The molecule has 0 radical (unpaired) electrons. The summed E-state index contributed by atoms with van der Waals surface area (Å²) >= 11 is 3.33. The Labute approximate surface area is 84.2 Å². The molecule has 1 aromatic rings. The predicted octanol–water partition coefficient (Wildman–Crippen LogP) is 1.43. The highest BCUT2D eigenvalue weighted by Gasteiger charge is 2.09. The number of anilines is 1. The fourth-order valence-corrected chi connectivity index (χ4v) is 1.93. The number of hydrogen-bond donors (Lipinski definition) is 1. The maximum Gasteiger partial charge on any atom is 0.0600 e. The number of nitrogen functional groups attached to an aromatic ring is 1. The van der Waals surface area contributed by atoms with Gasteiger partial charge in [-0.05, 0) is 28.8 Å². The Morgan fingerprint density at radius 2 is 2.00 bits per heavy atom. The second-order valence-corrected chi connectivity index (χ2v) is 3.97. The molecule has 3 nitrogen and oxygen atoms in total. The Morgan fingerprint density at radius 1 is 1.46 bits per heavy atom. The maximum absolute atomic E-state index is 10.7. The van der Waals surface area contributed by atoms with Crippen LogP contribution in [0.15, 0.2) is 24.3 Å². The van der Waals surface area contributed by atoms with Gasteiger partial charge in [-0.15, -0.1) is 11.6 Å². The van der Waals surface area contributed by atoms with Gasteiger partial charge in [-0.25, -0.2) is 0 Å². The van der Waals surface area contributed by atoms with Crippen LogP contribution in [0, 0.1) is 0 Å². The van der Waals surface area contributed by atoms with Crippen LogP contribution in [0.25, 0.3) is 0 Å². The summed E-state index contributed by atoms with van der Waals surface area (Å²) in [6.45, 7) is 0. The van der Waals surface area contributed by atoms with Crippen molar-refractivity contribution >= 4 is 28.4 Å². The number of alkyl halides is 1. The van der Waals surface area contributed by atoms with Crippen LogP contribution in [0.5, 0.6) is 0 Å². The largest absolute Gasteiger partial charge is 0.772 e. The molecule has 0 heterocycles. The summed E-state index contributed by atoms with van der Waals surface area (Å²) in [4.78, 5) is 0. The molecule has 2 atom stereocenters. The van der Waals surface area contributed by atoms with Crippen LogP contribution in [-0.2, 0) is 11.1 Å². The highest BCUT2D eigenvalue weighted by molar-refractivity contribution is 7.79. The molecule has 72 valence electrons. The highest BCUT2D eigenvalue weighted by Crippen LogP contribution is 2.21. The van der Waals surface area contributed by atoms with E-state index < -0.39 is 16.3 Å². The SMILES string of the molecule is Nc1ccc(C(CCl)S(=O)[O-])cc1. The third-order valence-electron chi connectivity index (χ3n) is 1.68. The van der Waals surface area contributed by atoms with Gasteiger partial charge in [0.25, 0.3) is 0 Å². The van der Waals surface area contributed by atoms with Crippen molar-refractivity contribution in [1.82, 2.24) is 0 Å². The lowest BCUT2D eigenvalue weighted by atomic mass is 10.1. The fourth-order valence-electron chi connectivity index (χ4n) is 0.962. The van der Waals surface area contributed by atoms with Crippen LogP contribution in [0.3, 0.4) is 0 Å². The first-order chi connectivity index (χ1) is 6.15. The lowest BCUT2D eigenvalue weighted by Gasteiger charge is -2.17. The summed E-state index contributed by atoms with van der Waals surface area (Å²) in [6.07, 6.45) is 0. The quantitative estimate of drug-likeness (QED) is 0.474. The molecule has 0 aliphatic carbocycles. The van der Waals surface area contributed by atoms with Gasteiger partial charge in [0.15, 0.2) is 0 Å². The van der Waals surface area contributed by atoms with Crippen molar-refractivity contribution in [3.63, 3.8) is 0 Å². The van der Waals surface area contributed by atoms with Crippen LogP contribution in [0.4, 0.5) is 5.69 Å². The van der Waals surface area contributed by atoms with E-state index in [-0.39, 0.29) is 5.88 Å². The number of halogens is 1. The van der Waals surface area contributed by atoms with Gasteiger partial charge in [-0.3, -0.25) is 4.21 Å². The molecule has 0 saturated carbocycles. The monoisotopic (exact) mass is 218 g/mol. The Balaban J connectivity index is 2.92. The van der Waals surface area contributed by atoms with Crippen LogP contribution in [0.1, 0.15) is 10.8 Å². The number of hydrogen-bond acceptors (Lipinski definition) is 3. The van der Waals surface area contributed by atoms with Crippen LogP contribution >= 0.6 is 11.6 Å². The fraction of sp³-hybridized carbons (Fsp3) is 0.250. The van der Waals surface area contributed by atoms with Crippen molar-refractivity contribution in [3.8, 4) is 0 Å². The van der Waals surface area contributed by atoms with E-state index in [1.165, 1.54) is 0 Å². The molecular formula is C8H9ClNO2S-. The van der Waals surface area contributed by atoms with E-state index in [0.717, 1.165) is 0 Å². The van der Waals surface area contributed by atoms with Crippen molar-refractivity contribution in [2.75, 3.05) is 11.6 Å². The first-order valence-corrected chi connectivity index (χ1v) is 5.32. The van der Waals surface area contributed by atoms with Crippen molar-refractivity contribution in [2.24, 2.45) is 0 Å². The minimum Gasteiger partial charge on any atom is -0.772 e. The van der Waals surface area contributed by atoms with Gasteiger partial charge in [0.05, 0.1) is 5.25 Å². The minimum atomic E-state index is -2.18. The topological polar surface area (TPSA) is 66.2 Å². The summed E-state index contributed by atoms with van der Waals surface area (Å²) in [5.41, 5.74) is 6.73. The molecule has 1 rings (SSSR count). The van der Waals surface area contributed by atoms with Gasteiger partial charge in [-0.2, -0.15) is 0 Å². The second-order valence-electron chi connectivity index (χ2n) is 2.57.